The van der Waals surface area contributed by atoms with Gasteiger partial charge in [0.25, 0.3) is 11.8 Å². The number of carbonyl (C=O) groups is 2. The van der Waals surface area contributed by atoms with Gasteiger partial charge < -0.3 is 15.8 Å². The zero-order chi connectivity index (χ0) is 16.1. The van der Waals surface area contributed by atoms with Crippen LogP contribution in [0.15, 0.2) is 36.4 Å². The van der Waals surface area contributed by atoms with Crippen molar-refractivity contribution in [1.29, 1.82) is 0 Å². The monoisotopic (exact) mass is 318 g/mol. The van der Waals surface area contributed by atoms with E-state index in [2.05, 4.69) is 5.32 Å². The number of hydrogen-bond acceptors (Lipinski definition) is 4. The Balaban J connectivity index is 2.29. The molecule has 0 saturated carbocycles. The van der Waals surface area contributed by atoms with Gasteiger partial charge in [0.1, 0.15) is 11.1 Å². The van der Waals surface area contributed by atoms with Gasteiger partial charge in [0.2, 0.25) is 0 Å². The average Bonchev–Trinajstić information content (AvgIpc) is 2.92. The van der Waals surface area contributed by atoms with Crippen LogP contribution in [0.4, 0.5) is 5.00 Å². The number of rotatable bonds is 6. The van der Waals surface area contributed by atoms with Crippen molar-refractivity contribution in [2.45, 2.75) is 20.0 Å². The van der Waals surface area contributed by atoms with Crippen molar-refractivity contribution in [1.82, 2.24) is 0 Å². The van der Waals surface area contributed by atoms with Gasteiger partial charge >= 0.3 is 0 Å². The molecule has 0 unspecified atom stereocenters. The Hall–Kier alpha value is -2.18. The molecule has 0 aliphatic heterocycles. The molecule has 116 valence electrons. The highest BCUT2D eigenvalue weighted by atomic mass is 32.1. The molecule has 0 fully saturated rings. The minimum Gasteiger partial charge on any atom is -0.369 e. The summed E-state index contributed by atoms with van der Waals surface area (Å²) < 4.78 is 5.24. The van der Waals surface area contributed by atoms with Crippen molar-refractivity contribution in [2.75, 3.05) is 11.9 Å². The first-order chi connectivity index (χ1) is 10.5. The van der Waals surface area contributed by atoms with Crippen LogP contribution in [0, 0.1) is 0 Å². The summed E-state index contributed by atoms with van der Waals surface area (Å²) in [7, 11) is 0. The Labute approximate surface area is 133 Å². The third kappa shape index (κ3) is 3.72. The molecular weight excluding hydrogens is 300 g/mol. The molecule has 0 spiro atoms. The van der Waals surface area contributed by atoms with Crippen molar-refractivity contribution in [3.63, 3.8) is 0 Å². The number of hydrogen-bond donors (Lipinski definition) is 2. The number of nitrogens with one attached hydrogen (secondary N) is 1. The third-order valence-corrected chi connectivity index (χ3v) is 4.18. The summed E-state index contributed by atoms with van der Waals surface area (Å²) >= 11 is 1.32. The maximum absolute atomic E-state index is 12.0. The average molecular weight is 318 g/mol. The highest BCUT2D eigenvalue weighted by Crippen LogP contribution is 2.35. The predicted molar refractivity (Wildman–Crippen MR) is 88.0 cm³/mol. The third-order valence-electron chi connectivity index (χ3n) is 3.08. The molecule has 0 aliphatic rings. The predicted octanol–water partition coefficient (Wildman–Crippen LogP) is 2.88. The summed E-state index contributed by atoms with van der Waals surface area (Å²) in [6.07, 6.45) is -0.590. The van der Waals surface area contributed by atoms with E-state index in [4.69, 9.17) is 10.5 Å². The first-order valence-electron chi connectivity index (χ1n) is 6.94. The number of nitrogens with two attached hydrogens (primary N) is 1. The lowest BCUT2D eigenvalue weighted by atomic mass is 10.1. The highest BCUT2D eigenvalue weighted by Gasteiger charge is 2.19. The van der Waals surface area contributed by atoms with Crippen LogP contribution >= 0.6 is 11.3 Å². The lowest BCUT2D eigenvalue weighted by Gasteiger charge is -2.11. The molecular formula is C16H18N2O3S. The number of primary amides is 1. The molecule has 1 atom stereocenters. The van der Waals surface area contributed by atoms with Gasteiger partial charge in [-0.1, -0.05) is 30.3 Å². The van der Waals surface area contributed by atoms with Gasteiger partial charge in [-0.2, -0.15) is 0 Å². The molecule has 6 heteroatoms. The van der Waals surface area contributed by atoms with E-state index in [1.165, 1.54) is 11.3 Å². The van der Waals surface area contributed by atoms with E-state index in [1.54, 1.807) is 13.0 Å². The van der Waals surface area contributed by atoms with Crippen molar-refractivity contribution < 1.29 is 14.3 Å². The van der Waals surface area contributed by atoms with Crippen molar-refractivity contribution in [3.05, 3.63) is 42.0 Å². The largest absolute Gasteiger partial charge is 0.369 e. The van der Waals surface area contributed by atoms with Gasteiger partial charge in [-0.3, -0.25) is 9.59 Å². The van der Waals surface area contributed by atoms with Gasteiger partial charge in [0.05, 0.1) is 5.56 Å². The summed E-state index contributed by atoms with van der Waals surface area (Å²) in [5.41, 5.74) is 6.67. The molecule has 5 nitrogen and oxygen atoms in total. The second-order valence-electron chi connectivity index (χ2n) is 4.67. The summed E-state index contributed by atoms with van der Waals surface area (Å²) in [4.78, 5) is 24.5. The molecule has 1 aromatic heterocycles. The van der Waals surface area contributed by atoms with Crippen LogP contribution in [0.3, 0.4) is 0 Å². The number of amides is 2. The van der Waals surface area contributed by atoms with E-state index in [0.29, 0.717) is 17.2 Å². The van der Waals surface area contributed by atoms with Crippen LogP contribution in [-0.2, 0) is 9.53 Å². The van der Waals surface area contributed by atoms with Crippen LogP contribution in [0.5, 0.6) is 0 Å². The Morgan fingerprint density at radius 3 is 2.59 bits per heavy atom. The Morgan fingerprint density at radius 2 is 2.00 bits per heavy atom. The molecule has 3 N–H and O–H groups in total. The van der Waals surface area contributed by atoms with Gasteiger partial charge in [0.15, 0.2) is 0 Å². The number of benzene rings is 1. The van der Waals surface area contributed by atoms with Crippen LogP contribution in [0.2, 0.25) is 0 Å². The quantitative estimate of drug-likeness (QED) is 0.859. The summed E-state index contributed by atoms with van der Waals surface area (Å²) in [5, 5.41) is 3.17. The van der Waals surface area contributed by atoms with Crippen molar-refractivity contribution >= 4 is 28.2 Å². The van der Waals surface area contributed by atoms with Gasteiger partial charge in [0, 0.05) is 11.5 Å². The topological polar surface area (TPSA) is 81.4 Å². The molecule has 2 amide bonds. The van der Waals surface area contributed by atoms with Crippen LogP contribution in [0.1, 0.15) is 24.2 Å². The lowest BCUT2D eigenvalue weighted by molar-refractivity contribution is -0.126. The normalized spacial score (nSPS) is 11.9. The second-order valence-corrected chi connectivity index (χ2v) is 5.72. The van der Waals surface area contributed by atoms with Crippen LogP contribution < -0.4 is 11.1 Å². The zero-order valence-corrected chi connectivity index (χ0v) is 13.3. The minimum absolute atomic E-state index is 0.300. The van der Waals surface area contributed by atoms with E-state index in [9.17, 15) is 9.59 Å². The summed E-state index contributed by atoms with van der Waals surface area (Å²) in [5.74, 6) is -0.872. The first-order valence-corrected chi connectivity index (χ1v) is 7.76. The van der Waals surface area contributed by atoms with Gasteiger partial charge in [-0.15, -0.1) is 11.3 Å². The molecule has 0 radical (unpaired) electrons. The van der Waals surface area contributed by atoms with E-state index in [0.717, 1.165) is 10.4 Å². The number of carbonyl (C=O) groups excluding carboxylic acids is 2. The zero-order valence-electron chi connectivity index (χ0n) is 12.5. The first kappa shape index (κ1) is 16.2. The van der Waals surface area contributed by atoms with E-state index in [-0.39, 0.29) is 5.91 Å². The standard InChI is InChI=1S/C16H18N2O3S/c1-3-21-10(2)15(20)18-16-12(14(17)19)9-13(22-16)11-7-5-4-6-8-11/h4-10H,3H2,1-2H3,(H2,17,19)(H,18,20)/t10-/m0/s1. The lowest BCUT2D eigenvalue weighted by Crippen LogP contribution is -2.28. The maximum atomic E-state index is 12.0. The van der Waals surface area contributed by atoms with E-state index < -0.39 is 12.0 Å². The molecule has 1 aromatic carbocycles. The minimum atomic E-state index is -0.590. The summed E-state index contributed by atoms with van der Waals surface area (Å²) in [6.45, 7) is 3.92. The fourth-order valence-corrected chi connectivity index (χ4v) is 3.02. The Bertz CT molecular complexity index is 667. The van der Waals surface area contributed by atoms with Gasteiger partial charge in [-0.25, -0.2) is 0 Å². The number of ether oxygens (including phenoxy) is 1. The van der Waals surface area contributed by atoms with Crippen molar-refractivity contribution in [2.24, 2.45) is 5.73 Å². The Kier molecular flexibility index (Phi) is 5.30. The summed E-state index contributed by atoms with van der Waals surface area (Å²) in [6, 6.07) is 11.3. The molecule has 0 saturated heterocycles. The van der Waals surface area contributed by atoms with E-state index >= 15 is 0 Å². The molecule has 0 bridgehead atoms. The van der Waals surface area contributed by atoms with Crippen molar-refractivity contribution in [3.8, 4) is 10.4 Å². The maximum Gasteiger partial charge on any atom is 0.253 e. The molecule has 2 rings (SSSR count). The van der Waals surface area contributed by atoms with Crippen LogP contribution in [-0.4, -0.2) is 24.5 Å². The molecule has 0 aliphatic carbocycles. The number of thiophene rings is 1. The molecule has 2 aromatic rings. The smallest absolute Gasteiger partial charge is 0.253 e. The van der Waals surface area contributed by atoms with Gasteiger partial charge in [-0.05, 0) is 25.5 Å². The molecule has 1 heterocycles. The molecule has 22 heavy (non-hydrogen) atoms. The second kappa shape index (κ2) is 7.20. The van der Waals surface area contributed by atoms with E-state index in [1.807, 2.05) is 37.3 Å². The SMILES string of the molecule is CCO[C@@H](C)C(=O)Nc1sc(-c2ccccc2)cc1C(N)=O. The fourth-order valence-electron chi connectivity index (χ4n) is 1.95. The highest BCUT2D eigenvalue weighted by molar-refractivity contribution is 7.20. The van der Waals surface area contributed by atoms with Crippen LogP contribution in [0.25, 0.3) is 10.4 Å². The fraction of sp³-hybridized carbons (Fsp3) is 0.250. The Morgan fingerprint density at radius 1 is 1.32 bits per heavy atom. The number of anilines is 1.